The van der Waals surface area contributed by atoms with Gasteiger partial charge in [0.2, 0.25) is 0 Å². The molecular formula is C18H29N3. The van der Waals surface area contributed by atoms with E-state index in [0.29, 0.717) is 12.1 Å². The molecule has 2 aliphatic heterocycles. The molecule has 0 bridgehead atoms. The average molecular weight is 287 g/mol. The van der Waals surface area contributed by atoms with Gasteiger partial charge in [0.25, 0.3) is 0 Å². The summed E-state index contributed by atoms with van der Waals surface area (Å²) in [6.07, 6.45) is 6.62. The molecule has 116 valence electrons. The summed E-state index contributed by atoms with van der Waals surface area (Å²) in [6, 6.07) is 10.2. The van der Waals surface area contributed by atoms with Crippen LogP contribution in [0.4, 0.5) is 5.69 Å². The third-order valence-electron chi connectivity index (χ3n) is 4.75. The summed E-state index contributed by atoms with van der Waals surface area (Å²) >= 11 is 0. The van der Waals surface area contributed by atoms with Crippen LogP contribution in [0.5, 0.6) is 0 Å². The first kappa shape index (κ1) is 14.9. The van der Waals surface area contributed by atoms with Gasteiger partial charge in [-0.3, -0.25) is 4.90 Å². The van der Waals surface area contributed by atoms with Gasteiger partial charge in [0.05, 0.1) is 0 Å². The van der Waals surface area contributed by atoms with E-state index < -0.39 is 0 Å². The summed E-state index contributed by atoms with van der Waals surface area (Å²) < 4.78 is 0. The lowest BCUT2D eigenvalue weighted by Gasteiger charge is -2.20. The highest BCUT2D eigenvalue weighted by atomic mass is 15.1. The van der Waals surface area contributed by atoms with Crippen LogP contribution < -0.4 is 10.6 Å². The van der Waals surface area contributed by atoms with Gasteiger partial charge in [-0.25, -0.2) is 0 Å². The van der Waals surface area contributed by atoms with Crippen molar-refractivity contribution in [3.63, 3.8) is 0 Å². The van der Waals surface area contributed by atoms with E-state index in [1.54, 1.807) is 0 Å². The summed E-state index contributed by atoms with van der Waals surface area (Å²) in [5, 5.41) is 7.26. The molecule has 2 aliphatic rings. The number of likely N-dealkylation sites (tertiary alicyclic amines) is 1. The van der Waals surface area contributed by atoms with E-state index in [1.807, 2.05) is 0 Å². The second kappa shape index (κ2) is 7.28. The third-order valence-corrected chi connectivity index (χ3v) is 4.75. The van der Waals surface area contributed by atoms with E-state index in [1.165, 1.54) is 63.0 Å². The quantitative estimate of drug-likeness (QED) is 0.841. The highest BCUT2D eigenvalue weighted by molar-refractivity contribution is 5.46. The van der Waals surface area contributed by atoms with Crippen LogP contribution in [0.15, 0.2) is 24.3 Å². The van der Waals surface area contributed by atoms with E-state index in [0.717, 1.165) is 6.54 Å². The minimum atomic E-state index is 0.530. The molecule has 1 aromatic rings. The lowest BCUT2D eigenvalue weighted by Crippen LogP contribution is -2.29. The van der Waals surface area contributed by atoms with Gasteiger partial charge in [-0.1, -0.05) is 12.1 Å². The molecule has 3 rings (SSSR count). The maximum Gasteiger partial charge on any atom is 0.0345 e. The van der Waals surface area contributed by atoms with Crippen LogP contribution in [0.2, 0.25) is 0 Å². The monoisotopic (exact) mass is 287 g/mol. The van der Waals surface area contributed by atoms with Crippen molar-refractivity contribution in [3.8, 4) is 0 Å². The zero-order valence-electron chi connectivity index (χ0n) is 13.3. The molecule has 2 fully saturated rings. The molecule has 0 amide bonds. The molecular weight excluding hydrogens is 258 g/mol. The van der Waals surface area contributed by atoms with Crippen LogP contribution in [0.3, 0.4) is 0 Å². The third kappa shape index (κ3) is 4.45. The number of nitrogens with zero attached hydrogens (tertiary/aromatic N) is 1. The lowest BCUT2D eigenvalue weighted by molar-refractivity contribution is 0.331. The minimum absolute atomic E-state index is 0.530. The van der Waals surface area contributed by atoms with Crippen LogP contribution >= 0.6 is 0 Å². The molecule has 2 atom stereocenters. The van der Waals surface area contributed by atoms with Crippen molar-refractivity contribution in [1.29, 1.82) is 0 Å². The minimum Gasteiger partial charge on any atom is -0.383 e. The van der Waals surface area contributed by atoms with Crippen molar-refractivity contribution in [2.45, 2.75) is 57.7 Å². The summed E-state index contributed by atoms with van der Waals surface area (Å²) in [6.45, 7) is 7.13. The second-order valence-electron chi connectivity index (χ2n) is 6.76. The molecule has 2 N–H and O–H groups in total. The molecule has 2 unspecified atom stereocenters. The largest absolute Gasteiger partial charge is 0.383 e. The molecule has 0 aromatic heterocycles. The topological polar surface area (TPSA) is 27.3 Å². The Morgan fingerprint density at radius 2 is 2.14 bits per heavy atom. The molecule has 1 aromatic carbocycles. The molecule has 0 radical (unpaired) electrons. The van der Waals surface area contributed by atoms with Gasteiger partial charge in [0.1, 0.15) is 0 Å². The fourth-order valence-electron chi connectivity index (χ4n) is 3.69. The zero-order chi connectivity index (χ0) is 14.5. The maximum absolute atomic E-state index is 3.68. The lowest BCUT2D eigenvalue weighted by atomic mass is 10.1. The van der Waals surface area contributed by atoms with Crippen LogP contribution in [0.1, 0.15) is 44.6 Å². The fraction of sp³-hybridized carbons (Fsp3) is 0.667. The van der Waals surface area contributed by atoms with Crippen LogP contribution in [0, 0.1) is 0 Å². The predicted octanol–water partition coefficient (Wildman–Crippen LogP) is 3.22. The van der Waals surface area contributed by atoms with Crippen LogP contribution in [0.25, 0.3) is 0 Å². The smallest absolute Gasteiger partial charge is 0.0345 e. The highest BCUT2D eigenvalue weighted by Crippen LogP contribution is 2.18. The second-order valence-corrected chi connectivity index (χ2v) is 6.76. The first-order valence-corrected chi connectivity index (χ1v) is 8.61. The summed E-state index contributed by atoms with van der Waals surface area (Å²) in [4.78, 5) is 2.56. The molecule has 3 heteroatoms. The standard InChI is InChI=1S/C18H29N3/c1-15(12-17-8-5-9-19-17)20-18-7-4-6-16(13-18)14-21-10-2-3-11-21/h4,6-7,13,15,17,19-20H,2-3,5,8-12,14H2,1H3. The van der Waals surface area contributed by atoms with Crippen molar-refractivity contribution >= 4 is 5.69 Å². The molecule has 0 spiro atoms. The van der Waals surface area contributed by atoms with Crippen molar-refractivity contribution in [2.75, 3.05) is 25.0 Å². The van der Waals surface area contributed by atoms with Gasteiger partial charge in [0, 0.05) is 24.3 Å². The molecule has 2 saturated heterocycles. The average Bonchev–Trinajstić information content (AvgIpc) is 3.12. The van der Waals surface area contributed by atoms with Gasteiger partial charge in [-0.2, -0.15) is 0 Å². The fourth-order valence-corrected chi connectivity index (χ4v) is 3.69. The van der Waals surface area contributed by atoms with E-state index >= 15 is 0 Å². The number of hydrogen-bond acceptors (Lipinski definition) is 3. The Morgan fingerprint density at radius 1 is 1.29 bits per heavy atom. The van der Waals surface area contributed by atoms with Gasteiger partial charge in [0.15, 0.2) is 0 Å². The Kier molecular flexibility index (Phi) is 5.15. The van der Waals surface area contributed by atoms with Gasteiger partial charge in [-0.05, 0) is 76.4 Å². The Hall–Kier alpha value is -1.06. The summed E-state index contributed by atoms with van der Waals surface area (Å²) in [5.74, 6) is 0. The van der Waals surface area contributed by atoms with Crippen molar-refractivity contribution < 1.29 is 0 Å². The van der Waals surface area contributed by atoms with Crippen LogP contribution in [-0.2, 0) is 6.54 Å². The number of rotatable bonds is 6. The van der Waals surface area contributed by atoms with E-state index in [2.05, 4.69) is 46.7 Å². The van der Waals surface area contributed by atoms with Crippen molar-refractivity contribution in [2.24, 2.45) is 0 Å². The van der Waals surface area contributed by atoms with Gasteiger partial charge < -0.3 is 10.6 Å². The molecule has 3 nitrogen and oxygen atoms in total. The van der Waals surface area contributed by atoms with Crippen LogP contribution in [-0.4, -0.2) is 36.6 Å². The van der Waals surface area contributed by atoms with Crippen molar-refractivity contribution in [1.82, 2.24) is 10.2 Å². The first-order valence-electron chi connectivity index (χ1n) is 8.61. The van der Waals surface area contributed by atoms with Gasteiger partial charge in [-0.15, -0.1) is 0 Å². The predicted molar refractivity (Wildman–Crippen MR) is 89.7 cm³/mol. The van der Waals surface area contributed by atoms with Gasteiger partial charge >= 0.3 is 0 Å². The van der Waals surface area contributed by atoms with E-state index in [4.69, 9.17) is 0 Å². The maximum atomic E-state index is 3.68. The normalized spacial score (nSPS) is 24.3. The first-order chi connectivity index (χ1) is 10.3. The highest BCUT2D eigenvalue weighted by Gasteiger charge is 2.17. The Bertz CT molecular complexity index is 434. The Morgan fingerprint density at radius 3 is 2.90 bits per heavy atom. The Balaban J connectivity index is 1.52. The van der Waals surface area contributed by atoms with Crippen molar-refractivity contribution in [3.05, 3.63) is 29.8 Å². The summed E-state index contributed by atoms with van der Waals surface area (Å²) in [7, 11) is 0. The number of hydrogen-bond donors (Lipinski definition) is 2. The Labute approximate surface area is 129 Å². The SMILES string of the molecule is CC(CC1CCCN1)Nc1cccc(CN2CCCC2)c1. The molecule has 0 saturated carbocycles. The van der Waals surface area contributed by atoms with E-state index in [-0.39, 0.29) is 0 Å². The number of nitrogens with one attached hydrogen (secondary N) is 2. The summed E-state index contributed by atoms with van der Waals surface area (Å²) in [5.41, 5.74) is 2.71. The zero-order valence-corrected chi connectivity index (χ0v) is 13.3. The molecule has 0 aliphatic carbocycles. The number of benzene rings is 1. The number of anilines is 1. The van der Waals surface area contributed by atoms with E-state index in [9.17, 15) is 0 Å². The molecule has 2 heterocycles. The molecule has 21 heavy (non-hydrogen) atoms.